The third-order valence-electron chi connectivity index (χ3n) is 4.61. The van der Waals surface area contributed by atoms with Gasteiger partial charge in [0.25, 0.3) is 17.1 Å². The first-order valence-electron chi connectivity index (χ1n) is 8.79. The van der Waals surface area contributed by atoms with Crippen LogP contribution in [0.4, 0.5) is 4.79 Å². The first kappa shape index (κ1) is 19.3. The Morgan fingerprint density at radius 2 is 2.04 bits per heavy atom. The average Bonchev–Trinajstić information content (AvgIpc) is 2.97. The van der Waals surface area contributed by atoms with Gasteiger partial charge >= 0.3 is 0 Å². The number of carbonyl (C=O) groups excluding carboxylic acids is 3. The zero-order chi connectivity index (χ0) is 19.4. The number of hydrogen-bond acceptors (Lipinski definition) is 6. The van der Waals surface area contributed by atoms with E-state index >= 15 is 0 Å². The topological polar surface area (TPSA) is 84.9 Å². The van der Waals surface area contributed by atoms with Gasteiger partial charge in [-0.05, 0) is 54.3 Å². The van der Waals surface area contributed by atoms with E-state index in [1.54, 1.807) is 24.3 Å². The molecular weight excluding hydrogens is 368 g/mol. The lowest BCUT2D eigenvalue weighted by atomic mass is 9.99. The molecule has 0 aliphatic carbocycles. The van der Waals surface area contributed by atoms with Crippen LogP contribution >= 0.6 is 11.8 Å². The molecule has 1 aromatic rings. The first-order valence-corrected chi connectivity index (χ1v) is 9.61. The van der Waals surface area contributed by atoms with Crippen LogP contribution in [0.3, 0.4) is 0 Å². The highest BCUT2D eigenvalue weighted by Gasteiger charge is 2.25. The molecule has 7 nitrogen and oxygen atoms in total. The maximum atomic E-state index is 12.3. The van der Waals surface area contributed by atoms with Crippen LogP contribution in [-0.4, -0.2) is 48.8 Å². The van der Waals surface area contributed by atoms with Crippen molar-refractivity contribution in [2.75, 3.05) is 26.8 Å². The molecule has 0 unspecified atom stereocenters. The Hall–Kier alpha value is -2.48. The quantitative estimate of drug-likeness (QED) is 0.778. The SMILES string of the molecule is COc1cc(/C=C2\SC(=O)NC2=O)ccc1OCC(=O)N1CCC(C)CC1. The highest BCUT2D eigenvalue weighted by Crippen LogP contribution is 2.31. The number of rotatable bonds is 5. The van der Waals surface area contributed by atoms with E-state index in [-0.39, 0.29) is 17.8 Å². The Bertz CT molecular complexity index is 784. The molecular formula is C19H22N2O5S. The van der Waals surface area contributed by atoms with Crippen LogP contribution < -0.4 is 14.8 Å². The van der Waals surface area contributed by atoms with E-state index in [1.165, 1.54) is 7.11 Å². The fourth-order valence-corrected chi connectivity index (χ4v) is 3.64. The maximum Gasteiger partial charge on any atom is 0.290 e. The predicted octanol–water partition coefficient (Wildman–Crippen LogP) is 2.66. The third-order valence-corrected chi connectivity index (χ3v) is 5.43. The number of benzene rings is 1. The minimum Gasteiger partial charge on any atom is -0.493 e. The van der Waals surface area contributed by atoms with Gasteiger partial charge in [-0.3, -0.25) is 19.7 Å². The summed E-state index contributed by atoms with van der Waals surface area (Å²) in [5.41, 5.74) is 0.697. The summed E-state index contributed by atoms with van der Waals surface area (Å²) in [6, 6.07) is 5.14. The molecule has 0 aromatic heterocycles. The molecule has 3 rings (SSSR count). The fourth-order valence-electron chi connectivity index (χ4n) is 2.95. The van der Waals surface area contributed by atoms with E-state index in [2.05, 4.69) is 12.2 Å². The number of ether oxygens (including phenoxy) is 2. The predicted molar refractivity (Wildman–Crippen MR) is 103 cm³/mol. The number of piperidine rings is 1. The molecule has 3 amide bonds. The number of likely N-dealkylation sites (tertiary alicyclic amines) is 1. The number of hydrogen-bond donors (Lipinski definition) is 1. The number of amides is 3. The second kappa shape index (κ2) is 8.47. The minimum absolute atomic E-state index is 0.0345. The van der Waals surface area contributed by atoms with Crippen molar-refractivity contribution >= 4 is 34.9 Å². The Kier molecular flexibility index (Phi) is 6.05. The highest BCUT2D eigenvalue weighted by atomic mass is 32.2. The van der Waals surface area contributed by atoms with Crippen molar-refractivity contribution in [3.05, 3.63) is 28.7 Å². The van der Waals surface area contributed by atoms with E-state index in [4.69, 9.17) is 9.47 Å². The molecule has 27 heavy (non-hydrogen) atoms. The Morgan fingerprint density at radius 3 is 2.67 bits per heavy atom. The van der Waals surface area contributed by atoms with Gasteiger partial charge in [-0.15, -0.1) is 0 Å². The summed E-state index contributed by atoms with van der Waals surface area (Å²) in [5, 5.41) is 1.83. The van der Waals surface area contributed by atoms with Gasteiger partial charge in [0.2, 0.25) is 0 Å². The molecule has 8 heteroatoms. The number of imide groups is 1. The minimum atomic E-state index is -0.411. The van der Waals surface area contributed by atoms with Crippen molar-refractivity contribution in [2.45, 2.75) is 19.8 Å². The van der Waals surface area contributed by atoms with E-state index in [9.17, 15) is 14.4 Å². The summed E-state index contributed by atoms with van der Waals surface area (Å²) >= 11 is 0.856. The van der Waals surface area contributed by atoms with E-state index in [0.29, 0.717) is 27.9 Å². The summed E-state index contributed by atoms with van der Waals surface area (Å²) in [6.45, 7) is 3.69. The molecule has 2 saturated heterocycles. The maximum absolute atomic E-state index is 12.3. The normalized spacial score (nSPS) is 19.3. The van der Waals surface area contributed by atoms with Crippen molar-refractivity contribution in [1.82, 2.24) is 10.2 Å². The summed E-state index contributed by atoms with van der Waals surface area (Å²) < 4.78 is 11.0. The second-order valence-electron chi connectivity index (χ2n) is 6.61. The van der Waals surface area contributed by atoms with Crippen LogP contribution in [-0.2, 0) is 9.59 Å². The van der Waals surface area contributed by atoms with Gasteiger partial charge in [0.15, 0.2) is 18.1 Å². The number of nitrogens with one attached hydrogen (secondary N) is 1. The van der Waals surface area contributed by atoms with Gasteiger partial charge < -0.3 is 14.4 Å². The van der Waals surface area contributed by atoms with Crippen LogP contribution in [0.5, 0.6) is 11.5 Å². The van der Waals surface area contributed by atoms with Crippen LogP contribution in [0.25, 0.3) is 6.08 Å². The number of carbonyl (C=O) groups is 3. The Labute approximate surface area is 162 Å². The Balaban J connectivity index is 1.64. The van der Waals surface area contributed by atoms with Crippen molar-refractivity contribution in [3.8, 4) is 11.5 Å². The van der Waals surface area contributed by atoms with Crippen LogP contribution in [0, 0.1) is 5.92 Å². The van der Waals surface area contributed by atoms with Crippen molar-refractivity contribution in [1.29, 1.82) is 0 Å². The Morgan fingerprint density at radius 1 is 1.30 bits per heavy atom. The molecule has 1 N–H and O–H groups in total. The van der Waals surface area contributed by atoms with Gasteiger partial charge in [0.1, 0.15) is 0 Å². The number of thioether (sulfide) groups is 1. The standard InChI is InChI=1S/C19H22N2O5S/c1-12-5-7-21(8-6-12)17(22)11-26-14-4-3-13(9-15(14)25-2)10-16-18(23)20-19(24)27-16/h3-4,9-10,12H,5-8,11H2,1-2H3,(H,20,23,24)/b16-10-. The zero-order valence-corrected chi connectivity index (χ0v) is 16.1. The average molecular weight is 390 g/mol. The molecule has 1 aromatic carbocycles. The lowest BCUT2D eigenvalue weighted by Crippen LogP contribution is -2.40. The highest BCUT2D eigenvalue weighted by molar-refractivity contribution is 8.18. The van der Waals surface area contributed by atoms with Gasteiger partial charge in [-0.2, -0.15) is 0 Å². The largest absolute Gasteiger partial charge is 0.493 e. The molecule has 0 radical (unpaired) electrons. The zero-order valence-electron chi connectivity index (χ0n) is 15.3. The molecule has 0 saturated carbocycles. The van der Waals surface area contributed by atoms with Gasteiger partial charge in [0.05, 0.1) is 12.0 Å². The monoisotopic (exact) mass is 390 g/mol. The molecule has 2 fully saturated rings. The summed E-state index contributed by atoms with van der Waals surface area (Å²) in [6.07, 6.45) is 3.65. The lowest BCUT2D eigenvalue weighted by Gasteiger charge is -2.30. The van der Waals surface area contributed by atoms with Crippen LogP contribution in [0.15, 0.2) is 23.1 Å². The van der Waals surface area contributed by atoms with Crippen LogP contribution in [0.1, 0.15) is 25.3 Å². The van der Waals surface area contributed by atoms with Gasteiger partial charge in [-0.1, -0.05) is 13.0 Å². The number of nitrogens with zero attached hydrogens (tertiary/aromatic N) is 1. The van der Waals surface area contributed by atoms with Crippen molar-refractivity contribution in [2.24, 2.45) is 5.92 Å². The fraction of sp³-hybridized carbons (Fsp3) is 0.421. The molecule has 0 atom stereocenters. The third kappa shape index (κ3) is 4.82. The second-order valence-corrected chi connectivity index (χ2v) is 7.63. The van der Waals surface area contributed by atoms with Crippen molar-refractivity contribution < 1.29 is 23.9 Å². The van der Waals surface area contributed by atoms with Crippen LogP contribution in [0.2, 0.25) is 0 Å². The van der Waals surface area contributed by atoms with E-state index in [0.717, 1.165) is 37.7 Å². The van der Waals surface area contributed by atoms with Gasteiger partial charge in [0, 0.05) is 13.1 Å². The van der Waals surface area contributed by atoms with Crippen molar-refractivity contribution in [3.63, 3.8) is 0 Å². The molecule has 144 valence electrons. The lowest BCUT2D eigenvalue weighted by molar-refractivity contribution is -0.134. The summed E-state index contributed by atoms with van der Waals surface area (Å²) in [7, 11) is 1.51. The number of methoxy groups -OCH3 is 1. The molecule has 0 bridgehead atoms. The summed E-state index contributed by atoms with van der Waals surface area (Å²) in [4.78, 5) is 37.3. The molecule has 2 aliphatic heterocycles. The summed E-state index contributed by atoms with van der Waals surface area (Å²) in [5.74, 6) is 1.13. The molecule has 0 spiro atoms. The smallest absolute Gasteiger partial charge is 0.290 e. The molecule has 2 aliphatic rings. The molecule has 2 heterocycles. The van der Waals surface area contributed by atoms with Gasteiger partial charge in [-0.25, -0.2) is 0 Å². The first-order chi connectivity index (χ1) is 13.0. The van der Waals surface area contributed by atoms with E-state index < -0.39 is 5.91 Å². The van der Waals surface area contributed by atoms with E-state index in [1.807, 2.05) is 4.90 Å².